The molecule has 136 valence electrons. The first-order valence-electron chi connectivity index (χ1n) is 8.57. The van der Waals surface area contributed by atoms with Gasteiger partial charge in [0.15, 0.2) is 5.75 Å². The number of nitro benzene ring substituents is 1. The standard InChI is InChI=1S/C18H24N2O5/c1-4-5-6-7-10-19-15-11-13(20(23)24)8-9-14(15)16(21)17(18(19)22)25-12(2)3/h8-9,11-12,21H,4-7,10H2,1-3H3. The van der Waals surface area contributed by atoms with Gasteiger partial charge in [-0.15, -0.1) is 0 Å². The summed E-state index contributed by atoms with van der Waals surface area (Å²) in [5.74, 6) is -0.375. The molecule has 7 nitrogen and oxygen atoms in total. The average molecular weight is 348 g/mol. The lowest BCUT2D eigenvalue weighted by Gasteiger charge is -2.17. The highest BCUT2D eigenvalue weighted by Crippen LogP contribution is 2.34. The van der Waals surface area contributed by atoms with Crippen LogP contribution in [0.4, 0.5) is 5.69 Å². The van der Waals surface area contributed by atoms with E-state index in [1.807, 2.05) is 0 Å². The van der Waals surface area contributed by atoms with Crippen LogP contribution in [-0.2, 0) is 6.54 Å². The molecule has 2 aromatic rings. The molecule has 0 amide bonds. The molecule has 1 aromatic carbocycles. The summed E-state index contributed by atoms with van der Waals surface area (Å²) >= 11 is 0. The fourth-order valence-corrected chi connectivity index (χ4v) is 2.77. The van der Waals surface area contributed by atoms with Gasteiger partial charge in [-0.25, -0.2) is 0 Å². The van der Waals surface area contributed by atoms with Crippen LogP contribution < -0.4 is 10.3 Å². The highest BCUT2D eigenvalue weighted by molar-refractivity contribution is 5.89. The number of hydrogen-bond acceptors (Lipinski definition) is 5. The summed E-state index contributed by atoms with van der Waals surface area (Å²) in [6.07, 6.45) is 3.58. The fraction of sp³-hybridized carbons (Fsp3) is 0.500. The number of nitrogens with zero attached hydrogens (tertiary/aromatic N) is 2. The van der Waals surface area contributed by atoms with Crippen molar-refractivity contribution in [1.29, 1.82) is 0 Å². The van der Waals surface area contributed by atoms with Crippen molar-refractivity contribution in [2.45, 2.75) is 59.1 Å². The van der Waals surface area contributed by atoms with Crippen LogP contribution in [0.1, 0.15) is 46.5 Å². The topological polar surface area (TPSA) is 94.6 Å². The van der Waals surface area contributed by atoms with E-state index >= 15 is 0 Å². The first kappa shape index (κ1) is 18.8. The zero-order chi connectivity index (χ0) is 18.6. The minimum atomic E-state index is -0.513. The molecule has 1 aromatic heterocycles. The molecule has 7 heteroatoms. The number of aromatic nitrogens is 1. The minimum Gasteiger partial charge on any atom is -0.504 e. The normalized spacial score (nSPS) is 11.2. The number of ether oxygens (including phenoxy) is 1. The molecule has 0 saturated heterocycles. The van der Waals surface area contributed by atoms with Crippen LogP contribution in [0.15, 0.2) is 23.0 Å². The summed E-state index contributed by atoms with van der Waals surface area (Å²) in [5.41, 5.74) is -0.230. The van der Waals surface area contributed by atoms with Crippen LogP contribution in [0.2, 0.25) is 0 Å². The molecule has 0 unspecified atom stereocenters. The lowest BCUT2D eigenvalue weighted by Crippen LogP contribution is -2.24. The Morgan fingerprint density at radius 2 is 2.00 bits per heavy atom. The van der Waals surface area contributed by atoms with Crippen LogP contribution >= 0.6 is 0 Å². The number of non-ortho nitro benzene ring substituents is 1. The Morgan fingerprint density at radius 3 is 2.60 bits per heavy atom. The predicted molar refractivity (Wildman–Crippen MR) is 96.4 cm³/mol. The van der Waals surface area contributed by atoms with Gasteiger partial charge in [0.25, 0.3) is 11.2 Å². The molecule has 2 rings (SSSR count). The van der Waals surface area contributed by atoms with Crippen molar-refractivity contribution in [1.82, 2.24) is 4.57 Å². The molecule has 0 fully saturated rings. The molecule has 25 heavy (non-hydrogen) atoms. The molecule has 0 aliphatic carbocycles. The Labute approximate surface area is 146 Å². The molecule has 0 atom stereocenters. The number of nitro groups is 1. The van der Waals surface area contributed by atoms with E-state index in [0.717, 1.165) is 25.7 Å². The van der Waals surface area contributed by atoms with Gasteiger partial charge in [0.2, 0.25) is 5.75 Å². The highest BCUT2D eigenvalue weighted by atomic mass is 16.6. The van der Waals surface area contributed by atoms with Gasteiger partial charge in [0.1, 0.15) is 0 Å². The van der Waals surface area contributed by atoms with E-state index < -0.39 is 10.5 Å². The number of rotatable bonds is 8. The number of benzene rings is 1. The summed E-state index contributed by atoms with van der Waals surface area (Å²) in [6, 6.07) is 4.10. The number of fused-ring (bicyclic) bond motifs is 1. The number of aryl methyl sites for hydroxylation is 1. The molecule has 1 N–H and O–H groups in total. The first-order valence-corrected chi connectivity index (χ1v) is 8.57. The lowest BCUT2D eigenvalue weighted by atomic mass is 10.1. The average Bonchev–Trinajstić information content (AvgIpc) is 2.57. The zero-order valence-corrected chi connectivity index (χ0v) is 14.8. The van der Waals surface area contributed by atoms with Gasteiger partial charge in [-0.3, -0.25) is 14.9 Å². The van der Waals surface area contributed by atoms with E-state index in [9.17, 15) is 20.0 Å². The van der Waals surface area contributed by atoms with Crippen molar-refractivity contribution in [3.8, 4) is 11.5 Å². The third kappa shape index (κ3) is 4.10. The van der Waals surface area contributed by atoms with Gasteiger partial charge in [0.05, 0.1) is 16.5 Å². The highest BCUT2D eigenvalue weighted by Gasteiger charge is 2.20. The summed E-state index contributed by atoms with van der Waals surface area (Å²) < 4.78 is 6.98. The van der Waals surface area contributed by atoms with Gasteiger partial charge in [0, 0.05) is 24.1 Å². The second-order valence-electron chi connectivity index (χ2n) is 6.32. The van der Waals surface area contributed by atoms with E-state index in [1.165, 1.54) is 22.8 Å². The van der Waals surface area contributed by atoms with E-state index in [1.54, 1.807) is 13.8 Å². The van der Waals surface area contributed by atoms with Crippen molar-refractivity contribution >= 4 is 16.6 Å². The Bertz CT molecular complexity index is 826. The predicted octanol–water partition coefficient (Wildman–Crippen LogP) is 3.98. The van der Waals surface area contributed by atoms with Crippen LogP contribution in [0.25, 0.3) is 10.9 Å². The fourth-order valence-electron chi connectivity index (χ4n) is 2.77. The Balaban J connectivity index is 2.63. The molecule has 0 aliphatic rings. The van der Waals surface area contributed by atoms with E-state index in [-0.39, 0.29) is 23.3 Å². The maximum absolute atomic E-state index is 12.8. The number of unbranched alkanes of at least 4 members (excludes halogenated alkanes) is 3. The zero-order valence-electron chi connectivity index (χ0n) is 14.8. The lowest BCUT2D eigenvalue weighted by molar-refractivity contribution is -0.384. The molecule has 0 radical (unpaired) electrons. The van der Waals surface area contributed by atoms with Crippen LogP contribution in [-0.4, -0.2) is 20.7 Å². The van der Waals surface area contributed by atoms with E-state index in [0.29, 0.717) is 17.4 Å². The monoisotopic (exact) mass is 348 g/mol. The summed E-state index contributed by atoms with van der Waals surface area (Å²) in [6.45, 7) is 6.06. The van der Waals surface area contributed by atoms with Gasteiger partial charge in [-0.1, -0.05) is 26.2 Å². The molecule has 0 spiro atoms. The SMILES string of the molecule is CCCCCCn1c(=O)c(OC(C)C)c(O)c2ccc([N+](=O)[O-])cc21. The number of pyridine rings is 1. The Hall–Kier alpha value is -2.57. The van der Waals surface area contributed by atoms with E-state index in [4.69, 9.17) is 4.74 Å². The molecule has 1 heterocycles. The quantitative estimate of drug-likeness (QED) is 0.442. The van der Waals surface area contributed by atoms with Crippen molar-refractivity contribution in [3.05, 3.63) is 38.7 Å². The van der Waals surface area contributed by atoms with Crippen molar-refractivity contribution in [2.75, 3.05) is 0 Å². The first-order chi connectivity index (χ1) is 11.9. The number of aromatic hydroxyl groups is 1. The molecular formula is C18H24N2O5. The smallest absolute Gasteiger partial charge is 0.297 e. The van der Waals surface area contributed by atoms with Crippen LogP contribution in [0.5, 0.6) is 11.5 Å². The van der Waals surface area contributed by atoms with Gasteiger partial charge >= 0.3 is 0 Å². The van der Waals surface area contributed by atoms with Crippen molar-refractivity contribution < 1.29 is 14.8 Å². The Morgan fingerprint density at radius 1 is 1.28 bits per heavy atom. The van der Waals surface area contributed by atoms with Crippen LogP contribution in [0.3, 0.4) is 0 Å². The molecule has 0 aliphatic heterocycles. The molecule has 0 saturated carbocycles. The second-order valence-corrected chi connectivity index (χ2v) is 6.32. The number of hydrogen-bond donors (Lipinski definition) is 1. The van der Waals surface area contributed by atoms with Crippen molar-refractivity contribution in [3.63, 3.8) is 0 Å². The molecular weight excluding hydrogens is 324 g/mol. The largest absolute Gasteiger partial charge is 0.504 e. The third-order valence-electron chi connectivity index (χ3n) is 3.98. The maximum atomic E-state index is 12.8. The second kappa shape index (κ2) is 8.00. The minimum absolute atomic E-state index is 0.105. The van der Waals surface area contributed by atoms with Gasteiger partial charge < -0.3 is 14.4 Å². The third-order valence-corrected chi connectivity index (χ3v) is 3.98. The van der Waals surface area contributed by atoms with Crippen molar-refractivity contribution in [2.24, 2.45) is 0 Å². The van der Waals surface area contributed by atoms with Gasteiger partial charge in [-0.2, -0.15) is 0 Å². The van der Waals surface area contributed by atoms with E-state index in [2.05, 4.69) is 6.92 Å². The molecule has 0 bridgehead atoms. The maximum Gasteiger partial charge on any atom is 0.297 e. The summed E-state index contributed by atoms with van der Waals surface area (Å²) in [5, 5.41) is 21.9. The van der Waals surface area contributed by atoms with Gasteiger partial charge in [-0.05, 0) is 26.3 Å². The summed E-state index contributed by atoms with van der Waals surface area (Å²) in [7, 11) is 0. The Kier molecular flexibility index (Phi) is 6.01. The van der Waals surface area contributed by atoms with Crippen LogP contribution in [0, 0.1) is 10.1 Å². The summed E-state index contributed by atoms with van der Waals surface area (Å²) in [4.78, 5) is 23.3.